The Morgan fingerprint density at radius 3 is 1.64 bits per heavy atom. The number of fused-ring (bicyclic) bond motifs is 1. The number of para-hydroxylation sites is 2. The Morgan fingerprint density at radius 2 is 1.03 bits per heavy atom. The lowest BCUT2D eigenvalue weighted by molar-refractivity contribution is 0.0879. The van der Waals surface area contributed by atoms with Crippen LogP contribution >= 0.6 is 11.3 Å². The summed E-state index contributed by atoms with van der Waals surface area (Å²) in [5.41, 5.74) is 6.19. The fourth-order valence-electron chi connectivity index (χ4n) is 4.53. The van der Waals surface area contributed by atoms with Gasteiger partial charge >= 0.3 is 0 Å². The van der Waals surface area contributed by atoms with Gasteiger partial charge in [-0.15, -0.1) is 11.3 Å². The highest BCUT2D eigenvalue weighted by Crippen LogP contribution is 2.34. The second-order valence-corrected chi connectivity index (χ2v) is 10.2. The van der Waals surface area contributed by atoms with Crippen molar-refractivity contribution in [1.82, 2.24) is 5.32 Å². The maximum atomic E-state index is 11.9. The van der Waals surface area contributed by atoms with E-state index in [9.17, 15) is 9.59 Å². The predicted molar refractivity (Wildman–Crippen MR) is 162 cm³/mol. The van der Waals surface area contributed by atoms with E-state index in [1.165, 1.54) is 0 Å². The summed E-state index contributed by atoms with van der Waals surface area (Å²) < 4.78 is 0. The molecule has 0 unspecified atom stereocenters. The van der Waals surface area contributed by atoms with Gasteiger partial charge in [0, 0.05) is 26.8 Å². The van der Waals surface area contributed by atoms with Gasteiger partial charge < -0.3 is 4.90 Å². The van der Waals surface area contributed by atoms with E-state index < -0.39 is 0 Å². The summed E-state index contributed by atoms with van der Waals surface area (Å²) in [6, 6.07) is 38.8. The Morgan fingerprint density at radius 1 is 0.513 bits per heavy atom. The molecule has 39 heavy (non-hydrogen) atoms. The smallest absolute Gasteiger partial charge is 0.258 e. The minimum absolute atomic E-state index is 0.334. The molecule has 0 atom stereocenters. The van der Waals surface area contributed by atoms with E-state index in [4.69, 9.17) is 0 Å². The van der Waals surface area contributed by atoms with Crippen molar-refractivity contribution in [2.75, 3.05) is 4.90 Å². The number of carbonyl (C=O) groups is 2. The molecule has 0 fully saturated rings. The summed E-state index contributed by atoms with van der Waals surface area (Å²) in [6.45, 7) is 0. The third kappa shape index (κ3) is 5.35. The molecule has 0 radical (unpaired) electrons. The first-order valence-electron chi connectivity index (χ1n) is 12.6. The van der Waals surface area contributed by atoms with Crippen LogP contribution in [0.5, 0.6) is 0 Å². The standard InChI is InChI=1S/C34H24N2O2S/c37-33-31-22-15-25(23-32(31)34(38)35-33)14-19-30-21-20-29(39-30)18-13-24-11-16-28(17-12-24)36(26-7-3-1-4-8-26)27-9-5-2-6-10-27/h1-23H,(H,35,37,38)/b18-13+,19-14+. The highest BCUT2D eigenvalue weighted by molar-refractivity contribution is 7.13. The molecule has 4 nitrogen and oxygen atoms in total. The van der Waals surface area contributed by atoms with Gasteiger partial charge in [0.15, 0.2) is 0 Å². The second kappa shape index (κ2) is 10.8. The van der Waals surface area contributed by atoms with Crippen LogP contribution in [0.2, 0.25) is 0 Å². The van der Waals surface area contributed by atoms with Gasteiger partial charge in [-0.2, -0.15) is 0 Å². The van der Waals surface area contributed by atoms with Crippen molar-refractivity contribution in [2.24, 2.45) is 0 Å². The molecule has 0 spiro atoms. The fourth-order valence-corrected chi connectivity index (χ4v) is 5.35. The first kappa shape index (κ1) is 24.3. The Hall–Kier alpha value is -5.00. The van der Waals surface area contributed by atoms with Gasteiger partial charge in [-0.05, 0) is 83.9 Å². The average Bonchev–Trinajstić information content (AvgIpc) is 3.56. The maximum absolute atomic E-state index is 11.9. The highest BCUT2D eigenvalue weighted by atomic mass is 32.1. The molecule has 2 amide bonds. The van der Waals surface area contributed by atoms with Gasteiger partial charge in [0.05, 0.1) is 11.1 Å². The topological polar surface area (TPSA) is 49.4 Å². The Bertz CT molecular complexity index is 1660. The molecule has 5 heteroatoms. The molecule has 0 saturated carbocycles. The van der Waals surface area contributed by atoms with Crippen LogP contribution in [0.25, 0.3) is 24.3 Å². The number of hydrogen-bond donors (Lipinski definition) is 1. The number of benzene rings is 4. The molecule has 0 bridgehead atoms. The molecule has 2 heterocycles. The van der Waals surface area contributed by atoms with Crippen molar-refractivity contribution in [3.05, 3.63) is 147 Å². The SMILES string of the molecule is O=C1NC(=O)c2cc(/C=C/c3ccc(/C=C/c4ccc(N(c5ccccc5)c5ccccc5)cc4)s3)ccc21. The molecule has 188 valence electrons. The number of rotatable bonds is 7. The van der Waals surface area contributed by atoms with Crippen molar-refractivity contribution in [1.29, 1.82) is 0 Å². The molecule has 1 N–H and O–H groups in total. The van der Waals surface area contributed by atoms with E-state index in [0.29, 0.717) is 11.1 Å². The normalized spacial score (nSPS) is 12.7. The van der Waals surface area contributed by atoms with Crippen molar-refractivity contribution >= 4 is 64.5 Å². The lowest BCUT2D eigenvalue weighted by atomic mass is 10.1. The third-order valence-electron chi connectivity index (χ3n) is 6.47. The van der Waals surface area contributed by atoms with Crippen LogP contribution in [0, 0.1) is 0 Å². The number of nitrogens with one attached hydrogen (secondary N) is 1. The molecule has 1 aromatic heterocycles. The lowest BCUT2D eigenvalue weighted by Gasteiger charge is -2.25. The third-order valence-corrected chi connectivity index (χ3v) is 7.48. The minimum atomic E-state index is -0.338. The van der Waals surface area contributed by atoms with Gasteiger partial charge in [0.1, 0.15) is 0 Å². The summed E-state index contributed by atoms with van der Waals surface area (Å²) in [6.07, 6.45) is 8.22. The van der Waals surface area contributed by atoms with E-state index >= 15 is 0 Å². The van der Waals surface area contributed by atoms with Crippen molar-refractivity contribution < 1.29 is 9.59 Å². The molecule has 0 aliphatic carbocycles. The molecule has 4 aromatic carbocycles. The van der Waals surface area contributed by atoms with Crippen LogP contribution < -0.4 is 10.2 Å². The van der Waals surface area contributed by atoms with Crippen molar-refractivity contribution in [3.8, 4) is 0 Å². The van der Waals surface area contributed by atoms with Crippen LogP contribution in [0.3, 0.4) is 0 Å². The maximum Gasteiger partial charge on any atom is 0.258 e. The average molecular weight is 525 g/mol. The van der Waals surface area contributed by atoms with Crippen molar-refractivity contribution in [3.63, 3.8) is 0 Å². The van der Waals surface area contributed by atoms with Gasteiger partial charge in [-0.3, -0.25) is 14.9 Å². The zero-order valence-electron chi connectivity index (χ0n) is 21.0. The number of imide groups is 1. The van der Waals surface area contributed by atoms with Crippen molar-refractivity contribution in [2.45, 2.75) is 0 Å². The monoisotopic (exact) mass is 524 g/mol. The number of hydrogen-bond acceptors (Lipinski definition) is 4. The summed E-state index contributed by atoms with van der Waals surface area (Å²) in [4.78, 5) is 28.2. The molecule has 6 rings (SSSR count). The van der Waals surface area contributed by atoms with E-state index in [2.05, 4.69) is 107 Å². The Balaban J connectivity index is 1.16. The van der Waals surface area contributed by atoms with Crippen LogP contribution in [-0.2, 0) is 0 Å². The van der Waals surface area contributed by atoms with Crippen LogP contribution in [0.15, 0.2) is 115 Å². The molecular formula is C34H24N2O2S. The molecule has 1 aliphatic rings. The number of nitrogens with zero attached hydrogens (tertiary/aromatic N) is 1. The zero-order valence-corrected chi connectivity index (χ0v) is 21.8. The minimum Gasteiger partial charge on any atom is -0.311 e. The second-order valence-electron chi connectivity index (χ2n) is 9.09. The fraction of sp³-hybridized carbons (Fsp3) is 0. The Labute approximate surface area is 231 Å². The van der Waals surface area contributed by atoms with E-state index in [1.807, 2.05) is 30.4 Å². The van der Waals surface area contributed by atoms with Gasteiger partial charge in [-0.25, -0.2) is 0 Å². The summed E-state index contributed by atoms with van der Waals surface area (Å²) in [5, 5.41) is 2.33. The number of carbonyl (C=O) groups excluding carboxylic acids is 2. The summed E-state index contributed by atoms with van der Waals surface area (Å²) in [5.74, 6) is -0.672. The molecule has 0 saturated heterocycles. The quantitative estimate of drug-likeness (QED) is 0.217. The lowest BCUT2D eigenvalue weighted by Crippen LogP contribution is -2.19. The largest absolute Gasteiger partial charge is 0.311 e. The molecule has 5 aromatic rings. The summed E-state index contributed by atoms with van der Waals surface area (Å²) in [7, 11) is 0. The predicted octanol–water partition coefficient (Wildman–Crippen LogP) is 8.44. The number of amides is 2. The zero-order chi connectivity index (χ0) is 26.6. The number of anilines is 3. The summed E-state index contributed by atoms with van der Waals surface area (Å²) >= 11 is 1.69. The Kier molecular flexibility index (Phi) is 6.73. The van der Waals surface area contributed by atoms with Crippen LogP contribution in [0.4, 0.5) is 17.1 Å². The first-order chi connectivity index (χ1) is 19.1. The van der Waals surface area contributed by atoms with Gasteiger partial charge in [0.25, 0.3) is 11.8 Å². The highest BCUT2D eigenvalue weighted by Gasteiger charge is 2.26. The van der Waals surface area contributed by atoms with E-state index in [-0.39, 0.29) is 11.8 Å². The number of thiophene rings is 1. The van der Waals surface area contributed by atoms with E-state index in [1.54, 1.807) is 23.5 Å². The van der Waals surface area contributed by atoms with Crippen LogP contribution in [0.1, 0.15) is 41.6 Å². The van der Waals surface area contributed by atoms with Gasteiger partial charge in [0.2, 0.25) is 0 Å². The molecular weight excluding hydrogens is 500 g/mol. The van der Waals surface area contributed by atoms with Crippen LogP contribution in [-0.4, -0.2) is 11.8 Å². The first-order valence-corrected chi connectivity index (χ1v) is 13.4. The molecule has 1 aliphatic heterocycles. The van der Waals surface area contributed by atoms with Gasteiger partial charge in [-0.1, -0.05) is 66.7 Å². The van der Waals surface area contributed by atoms with E-state index in [0.717, 1.165) is 37.9 Å².